The van der Waals surface area contributed by atoms with E-state index < -0.39 is 49.0 Å². The Morgan fingerprint density at radius 1 is 1.12 bits per heavy atom. The molecule has 3 rings (SSSR count). The fourth-order valence-electron chi connectivity index (χ4n) is 4.02. The highest BCUT2D eigenvalue weighted by atomic mass is 16.7. The van der Waals surface area contributed by atoms with Gasteiger partial charge in [0.2, 0.25) is 6.79 Å². The number of aromatic nitrogens is 1. The number of amides is 1. The van der Waals surface area contributed by atoms with Crippen molar-refractivity contribution in [1.82, 2.24) is 10.3 Å². The normalized spacial score (nSPS) is 21.0. The Morgan fingerprint density at radius 2 is 1.90 bits per heavy atom. The van der Waals surface area contributed by atoms with Gasteiger partial charge in [-0.15, -0.1) is 0 Å². The van der Waals surface area contributed by atoms with Gasteiger partial charge in [-0.2, -0.15) is 0 Å². The van der Waals surface area contributed by atoms with E-state index in [4.69, 9.17) is 33.2 Å². The number of hydrogen-bond acceptors (Lipinski definition) is 11. The van der Waals surface area contributed by atoms with E-state index in [-0.39, 0.29) is 30.4 Å². The van der Waals surface area contributed by atoms with E-state index in [0.29, 0.717) is 13.2 Å². The Labute approximate surface area is 239 Å². The molecule has 0 unspecified atom stereocenters. The first-order valence-electron chi connectivity index (χ1n) is 13.5. The van der Waals surface area contributed by atoms with Gasteiger partial charge in [-0.3, -0.25) is 9.59 Å². The molecule has 1 aliphatic heterocycles. The zero-order valence-corrected chi connectivity index (χ0v) is 23.8. The van der Waals surface area contributed by atoms with Crippen molar-refractivity contribution < 1.29 is 47.5 Å². The van der Waals surface area contributed by atoms with Gasteiger partial charge in [0, 0.05) is 25.8 Å². The lowest BCUT2D eigenvalue weighted by Gasteiger charge is -2.30. The predicted octanol–water partition coefficient (Wildman–Crippen LogP) is 2.82. The third-order valence-corrected chi connectivity index (χ3v) is 6.17. The number of esters is 2. The summed E-state index contributed by atoms with van der Waals surface area (Å²) in [7, 11) is 1.38. The van der Waals surface area contributed by atoms with Gasteiger partial charge in [0.1, 0.15) is 18.3 Å². The largest absolute Gasteiger partial charge is 0.493 e. The third-order valence-electron chi connectivity index (χ3n) is 6.17. The minimum atomic E-state index is -1.16. The summed E-state index contributed by atoms with van der Waals surface area (Å²) >= 11 is 0. The molecule has 1 saturated heterocycles. The SMILES string of the molecule is CCCCO[C@H]1COC[C@H](NC(=O)c2nccc(OC)c2OCOC(C)=O)C(=O)O[C@@H](C)[C@@H]1OCc1ccccc1. The number of cyclic esters (lactones) is 1. The van der Waals surface area contributed by atoms with Crippen LogP contribution in [-0.4, -0.2) is 80.9 Å². The van der Waals surface area contributed by atoms with E-state index in [2.05, 4.69) is 17.2 Å². The molecule has 0 aliphatic carbocycles. The molecule has 1 amide bonds. The van der Waals surface area contributed by atoms with Gasteiger partial charge in [-0.25, -0.2) is 9.78 Å². The number of benzene rings is 1. The van der Waals surface area contributed by atoms with Gasteiger partial charge in [-0.1, -0.05) is 43.7 Å². The Bertz CT molecular complexity index is 1130. The first-order valence-corrected chi connectivity index (χ1v) is 13.5. The van der Waals surface area contributed by atoms with Crippen LogP contribution in [0.4, 0.5) is 0 Å². The fourth-order valence-corrected chi connectivity index (χ4v) is 4.02. The van der Waals surface area contributed by atoms with E-state index in [1.54, 1.807) is 6.92 Å². The molecule has 2 heterocycles. The molecule has 1 N–H and O–H groups in total. The van der Waals surface area contributed by atoms with Crippen LogP contribution in [0.5, 0.6) is 11.5 Å². The number of ether oxygens (including phenoxy) is 7. The molecular formula is C29H38N2O10. The molecule has 0 spiro atoms. The maximum Gasteiger partial charge on any atom is 0.331 e. The number of rotatable bonds is 13. The average Bonchev–Trinajstić information content (AvgIpc) is 3.01. The van der Waals surface area contributed by atoms with E-state index in [1.807, 2.05) is 30.3 Å². The summed E-state index contributed by atoms with van der Waals surface area (Å²) in [5.41, 5.74) is 0.781. The molecule has 12 nitrogen and oxygen atoms in total. The topological polar surface area (TPSA) is 141 Å². The number of nitrogens with zero attached hydrogens (tertiary/aromatic N) is 1. The number of carbonyl (C=O) groups excluding carboxylic acids is 3. The Kier molecular flexibility index (Phi) is 12.8. The lowest BCUT2D eigenvalue weighted by Crippen LogP contribution is -2.47. The van der Waals surface area contributed by atoms with Crippen molar-refractivity contribution in [3.8, 4) is 11.5 Å². The second kappa shape index (κ2) is 16.5. The minimum absolute atomic E-state index is 0.0572. The zero-order valence-electron chi connectivity index (χ0n) is 23.8. The first kappa shape index (κ1) is 31.8. The van der Waals surface area contributed by atoms with Crippen LogP contribution in [0.25, 0.3) is 0 Å². The van der Waals surface area contributed by atoms with Gasteiger partial charge < -0.3 is 38.5 Å². The summed E-state index contributed by atoms with van der Waals surface area (Å²) in [6.07, 6.45) is 1.31. The minimum Gasteiger partial charge on any atom is -0.493 e. The summed E-state index contributed by atoms with van der Waals surface area (Å²) in [5.74, 6) is -1.89. The predicted molar refractivity (Wildman–Crippen MR) is 145 cm³/mol. The van der Waals surface area contributed by atoms with Crippen molar-refractivity contribution in [2.75, 3.05) is 33.7 Å². The van der Waals surface area contributed by atoms with E-state index in [1.165, 1.54) is 26.3 Å². The quantitative estimate of drug-likeness (QED) is 0.214. The lowest BCUT2D eigenvalue weighted by molar-refractivity contribution is -0.169. The maximum absolute atomic E-state index is 13.2. The van der Waals surface area contributed by atoms with Crippen molar-refractivity contribution in [2.24, 2.45) is 0 Å². The van der Waals surface area contributed by atoms with E-state index in [0.717, 1.165) is 18.4 Å². The molecule has 41 heavy (non-hydrogen) atoms. The Balaban J connectivity index is 1.75. The molecule has 12 heteroatoms. The van der Waals surface area contributed by atoms with Crippen LogP contribution in [0.3, 0.4) is 0 Å². The van der Waals surface area contributed by atoms with Gasteiger partial charge in [0.25, 0.3) is 5.91 Å². The molecule has 1 fully saturated rings. The van der Waals surface area contributed by atoms with Crippen LogP contribution in [-0.2, 0) is 39.9 Å². The molecule has 224 valence electrons. The monoisotopic (exact) mass is 574 g/mol. The highest BCUT2D eigenvalue weighted by Crippen LogP contribution is 2.29. The van der Waals surface area contributed by atoms with Crippen molar-refractivity contribution in [2.45, 2.75) is 64.6 Å². The zero-order chi connectivity index (χ0) is 29.6. The van der Waals surface area contributed by atoms with Crippen LogP contribution in [0.1, 0.15) is 49.7 Å². The summed E-state index contributed by atoms with van der Waals surface area (Å²) < 4.78 is 39.4. The molecule has 0 radical (unpaired) electrons. The van der Waals surface area contributed by atoms with Crippen LogP contribution >= 0.6 is 0 Å². The fraction of sp³-hybridized carbons (Fsp3) is 0.517. The van der Waals surface area contributed by atoms with Crippen molar-refractivity contribution >= 4 is 17.8 Å². The van der Waals surface area contributed by atoms with Crippen LogP contribution < -0.4 is 14.8 Å². The van der Waals surface area contributed by atoms with Gasteiger partial charge in [-0.05, 0) is 18.9 Å². The highest BCUT2D eigenvalue weighted by molar-refractivity contribution is 5.98. The molecule has 1 aromatic heterocycles. The average molecular weight is 575 g/mol. The number of carbonyl (C=O) groups is 3. The molecule has 0 saturated carbocycles. The third kappa shape index (κ3) is 9.69. The smallest absolute Gasteiger partial charge is 0.331 e. The maximum atomic E-state index is 13.2. The number of hydrogen-bond donors (Lipinski definition) is 1. The molecule has 0 bridgehead atoms. The van der Waals surface area contributed by atoms with Crippen molar-refractivity contribution in [1.29, 1.82) is 0 Å². The highest BCUT2D eigenvalue weighted by Gasteiger charge is 2.36. The Hall–Kier alpha value is -3.74. The van der Waals surface area contributed by atoms with Gasteiger partial charge >= 0.3 is 11.9 Å². The molecule has 1 aliphatic rings. The molecular weight excluding hydrogens is 536 g/mol. The summed E-state index contributed by atoms with van der Waals surface area (Å²) in [5, 5.41) is 2.61. The van der Waals surface area contributed by atoms with Gasteiger partial charge in [0.05, 0.1) is 26.9 Å². The molecule has 4 atom stereocenters. The Morgan fingerprint density at radius 3 is 2.61 bits per heavy atom. The number of pyridine rings is 1. The second-order valence-corrected chi connectivity index (χ2v) is 9.32. The standard InChI is InChI=1S/C29H38N2O10/c1-5-6-14-37-24-17-36-16-22(29(34)41-19(2)26(24)38-15-21-10-8-7-9-11-21)31-28(33)25-27(40-18-39-20(3)32)23(35-4)12-13-30-25/h7-13,19,22,24,26H,5-6,14-18H2,1-4H3,(H,31,33)/t19-,22-,24-,26-/m0/s1. The lowest BCUT2D eigenvalue weighted by atomic mass is 10.1. The second-order valence-electron chi connectivity index (χ2n) is 9.32. The van der Waals surface area contributed by atoms with E-state index in [9.17, 15) is 14.4 Å². The number of methoxy groups -OCH3 is 1. The first-order chi connectivity index (χ1) is 19.8. The molecule has 1 aromatic carbocycles. The van der Waals surface area contributed by atoms with Gasteiger partial charge in [0.15, 0.2) is 23.2 Å². The summed E-state index contributed by atoms with van der Waals surface area (Å²) in [6.45, 7) is 5.26. The van der Waals surface area contributed by atoms with Crippen LogP contribution in [0.15, 0.2) is 42.6 Å². The van der Waals surface area contributed by atoms with Crippen molar-refractivity contribution in [3.05, 3.63) is 53.9 Å². The van der Waals surface area contributed by atoms with E-state index >= 15 is 0 Å². The number of nitrogens with one attached hydrogen (secondary N) is 1. The van der Waals surface area contributed by atoms with Crippen LogP contribution in [0.2, 0.25) is 0 Å². The summed E-state index contributed by atoms with van der Waals surface area (Å²) in [4.78, 5) is 41.7. The number of unbranched alkanes of at least 4 members (excludes halogenated alkanes) is 1. The van der Waals surface area contributed by atoms with Crippen LogP contribution in [0, 0.1) is 0 Å². The van der Waals surface area contributed by atoms with Crippen molar-refractivity contribution in [3.63, 3.8) is 0 Å². The summed E-state index contributed by atoms with van der Waals surface area (Å²) in [6, 6.07) is 9.95. The molecule has 2 aromatic rings.